The lowest BCUT2D eigenvalue weighted by atomic mass is 10.0. The van der Waals surface area contributed by atoms with Crippen LogP contribution in [0.2, 0.25) is 10.0 Å². The highest BCUT2D eigenvalue weighted by Crippen LogP contribution is 2.33. The number of rotatable bonds is 1. The van der Waals surface area contributed by atoms with Crippen molar-refractivity contribution in [2.24, 2.45) is 0 Å². The van der Waals surface area contributed by atoms with E-state index >= 15 is 0 Å². The summed E-state index contributed by atoms with van der Waals surface area (Å²) in [4.78, 5) is 0. The van der Waals surface area contributed by atoms with Gasteiger partial charge in [0.25, 0.3) is 0 Å². The van der Waals surface area contributed by atoms with E-state index in [0.717, 1.165) is 16.7 Å². The summed E-state index contributed by atoms with van der Waals surface area (Å²) in [6, 6.07) is 10.9. The normalized spacial score (nSPS) is 10.5. The zero-order chi connectivity index (χ0) is 11.7. The molecule has 0 aliphatic heterocycles. The maximum absolute atomic E-state index is 12.9. The molecule has 0 aliphatic carbocycles. The van der Waals surface area contributed by atoms with Crippen molar-refractivity contribution in [2.45, 2.75) is 6.92 Å². The summed E-state index contributed by atoms with van der Waals surface area (Å²) in [6.45, 7) is 1.90. The number of halogens is 3. The van der Waals surface area contributed by atoms with Gasteiger partial charge in [-0.3, -0.25) is 0 Å². The molecule has 81 valence electrons. The molecule has 0 heterocycles. The average Bonchev–Trinajstić information content (AvgIpc) is 2.23. The summed E-state index contributed by atoms with van der Waals surface area (Å²) in [6.07, 6.45) is 0. The summed E-state index contributed by atoms with van der Waals surface area (Å²) in [5, 5.41) is 0.934. The number of hydrogen-bond acceptors (Lipinski definition) is 0. The zero-order valence-corrected chi connectivity index (χ0v) is 10.0. The first kappa shape index (κ1) is 11.4. The fourth-order valence-electron chi connectivity index (χ4n) is 1.55. The third-order valence-electron chi connectivity index (χ3n) is 2.42. The summed E-state index contributed by atoms with van der Waals surface area (Å²) >= 11 is 12.0. The Labute approximate surface area is 104 Å². The fourth-order valence-corrected chi connectivity index (χ4v) is 1.98. The first-order valence-electron chi connectivity index (χ1n) is 4.72. The topological polar surface area (TPSA) is 0 Å². The first-order chi connectivity index (χ1) is 7.59. The molecule has 0 atom stereocenters. The van der Waals surface area contributed by atoms with Crippen molar-refractivity contribution in [3.63, 3.8) is 0 Å². The third-order valence-corrected chi connectivity index (χ3v) is 3.13. The lowest BCUT2D eigenvalue weighted by Crippen LogP contribution is -1.86. The molecular formula is C13H8Cl2F. The molecule has 0 saturated carbocycles. The fraction of sp³-hybridized carbons (Fsp3) is 0.0769. The van der Waals surface area contributed by atoms with Crippen LogP contribution in [0.1, 0.15) is 5.56 Å². The van der Waals surface area contributed by atoms with Crippen LogP contribution in [0.25, 0.3) is 11.1 Å². The monoisotopic (exact) mass is 253 g/mol. The van der Waals surface area contributed by atoms with Crippen molar-refractivity contribution in [3.8, 4) is 11.1 Å². The molecule has 0 saturated heterocycles. The molecule has 0 N–H and O–H groups in total. The van der Waals surface area contributed by atoms with E-state index in [0.29, 0.717) is 5.02 Å². The van der Waals surface area contributed by atoms with Gasteiger partial charge in [-0.1, -0.05) is 35.3 Å². The maximum Gasteiger partial charge on any atom is 0.132 e. The van der Waals surface area contributed by atoms with E-state index in [-0.39, 0.29) is 5.02 Å². The molecule has 0 aromatic heterocycles. The van der Waals surface area contributed by atoms with Gasteiger partial charge in [0.15, 0.2) is 0 Å². The van der Waals surface area contributed by atoms with Gasteiger partial charge in [0.1, 0.15) is 5.82 Å². The molecule has 3 heteroatoms. The van der Waals surface area contributed by atoms with Crippen LogP contribution < -0.4 is 0 Å². The molecule has 16 heavy (non-hydrogen) atoms. The molecule has 0 nitrogen and oxygen atoms in total. The molecule has 0 bridgehead atoms. The van der Waals surface area contributed by atoms with Gasteiger partial charge in [-0.2, -0.15) is 0 Å². The lowest BCUT2D eigenvalue weighted by Gasteiger charge is -2.09. The molecule has 0 fully saturated rings. The van der Waals surface area contributed by atoms with E-state index in [2.05, 4.69) is 6.07 Å². The molecule has 2 rings (SSSR count). The van der Waals surface area contributed by atoms with Crippen molar-refractivity contribution in [2.75, 3.05) is 0 Å². The van der Waals surface area contributed by atoms with Crippen LogP contribution in [-0.2, 0) is 0 Å². The Hall–Kier alpha value is -1.05. The summed E-state index contributed by atoms with van der Waals surface area (Å²) in [5.41, 5.74) is 2.56. The second-order valence-electron chi connectivity index (χ2n) is 3.45. The van der Waals surface area contributed by atoms with Gasteiger partial charge in [0, 0.05) is 16.7 Å². The Kier molecular flexibility index (Phi) is 3.17. The first-order valence-corrected chi connectivity index (χ1v) is 5.48. The highest BCUT2D eigenvalue weighted by Gasteiger charge is 2.09. The Morgan fingerprint density at radius 2 is 1.81 bits per heavy atom. The van der Waals surface area contributed by atoms with Gasteiger partial charge in [0.2, 0.25) is 0 Å². The lowest BCUT2D eigenvalue weighted by molar-refractivity contribution is 0.626. The van der Waals surface area contributed by atoms with Crippen LogP contribution in [-0.4, -0.2) is 0 Å². The smallest absolute Gasteiger partial charge is 0.132 e. The molecule has 0 spiro atoms. The molecule has 1 radical (unpaired) electrons. The van der Waals surface area contributed by atoms with E-state index in [4.69, 9.17) is 23.2 Å². The van der Waals surface area contributed by atoms with E-state index in [1.807, 2.05) is 25.1 Å². The summed E-state index contributed by atoms with van der Waals surface area (Å²) in [5.74, 6) is -0.464. The van der Waals surface area contributed by atoms with Crippen molar-refractivity contribution in [3.05, 3.63) is 57.8 Å². The van der Waals surface area contributed by atoms with Gasteiger partial charge in [0.05, 0.1) is 5.02 Å². The van der Waals surface area contributed by atoms with E-state index in [9.17, 15) is 4.39 Å². The second-order valence-corrected chi connectivity index (χ2v) is 4.23. The van der Waals surface area contributed by atoms with Crippen LogP contribution in [0.5, 0.6) is 0 Å². The van der Waals surface area contributed by atoms with Gasteiger partial charge >= 0.3 is 0 Å². The highest BCUT2D eigenvalue weighted by atomic mass is 35.5. The minimum Gasteiger partial charge on any atom is -0.206 e. The SMILES string of the molecule is Cc1c(Cl)cccc1-c1ccc(F)[c]c1Cl. The highest BCUT2D eigenvalue weighted by molar-refractivity contribution is 6.34. The molecular weight excluding hydrogens is 246 g/mol. The molecule has 0 amide bonds. The maximum atomic E-state index is 12.9. The Morgan fingerprint density at radius 1 is 1.06 bits per heavy atom. The molecule has 2 aromatic rings. The van der Waals surface area contributed by atoms with Crippen LogP contribution in [0.15, 0.2) is 30.3 Å². The third kappa shape index (κ3) is 2.06. The quantitative estimate of drug-likeness (QED) is 0.678. The molecule has 2 aromatic carbocycles. The minimum atomic E-state index is -0.464. The Bertz CT molecular complexity index is 535. The zero-order valence-electron chi connectivity index (χ0n) is 8.52. The van der Waals surface area contributed by atoms with E-state index in [1.54, 1.807) is 6.07 Å². The van der Waals surface area contributed by atoms with Gasteiger partial charge in [-0.05, 0) is 36.2 Å². The van der Waals surface area contributed by atoms with Gasteiger partial charge in [-0.15, -0.1) is 0 Å². The predicted octanol–water partition coefficient (Wildman–Crippen LogP) is 4.91. The number of benzene rings is 2. The van der Waals surface area contributed by atoms with E-state index < -0.39 is 5.82 Å². The minimum absolute atomic E-state index is 0.269. The average molecular weight is 254 g/mol. The van der Waals surface area contributed by atoms with Crippen LogP contribution in [0.3, 0.4) is 0 Å². The van der Waals surface area contributed by atoms with Crippen molar-refractivity contribution in [1.29, 1.82) is 0 Å². The van der Waals surface area contributed by atoms with Crippen molar-refractivity contribution >= 4 is 23.2 Å². The molecule has 0 aliphatic rings. The van der Waals surface area contributed by atoms with Crippen molar-refractivity contribution < 1.29 is 4.39 Å². The standard InChI is InChI=1S/C13H8Cl2F/c1-8-10(3-2-4-12(8)14)11-6-5-9(16)7-13(11)15/h2-6H,1H3. The van der Waals surface area contributed by atoms with Crippen LogP contribution in [0, 0.1) is 18.8 Å². The summed E-state index contributed by atoms with van der Waals surface area (Å²) in [7, 11) is 0. The summed E-state index contributed by atoms with van der Waals surface area (Å²) < 4.78 is 12.9. The Balaban J connectivity index is 2.63. The largest absolute Gasteiger partial charge is 0.206 e. The van der Waals surface area contributed by atoms with Crippen molar-refractivity contribution in [1.82, 2.24) is 0 Å². The Morgan fingerprint density at radius 3 is 2.50 bits per heavy atom. The number of hydrogen-bond donors (Lipinski definition) is 0. The predicted molar refractivity (Wildman–Crippen MR) is 65.4 cm³/mol. The van der Waals surface area contributed by atoms with Crippen LogP contribution >= 0.6 is 23.2 Å². The van der Waals surface area contributed by atoms with Gasteiger partial charge in [-0.25, -0.2) is 4.39 Å². The van der Waals surface area contributed by atoms with E-state index in [1.165, 1.54) is 6.07 Å². The molecule has 0 unspecified atom stereocenters. The second kappa shape index (κ2) is 4.44. The van der Waals surface area contributed by atoms with Crippen LogP contribution in [0.4, 0.5) is 4.39 Å². The van der Waals surface area contributed by atoms with Gasteiger partial charge < -0.3 is 0 Å².